The van der Waals surface area contributed by atoms with Gasteiger partial charge < -0.3 is 20.7 Å². The Morgan fingerprint density at radius 2 is 1.77 bits per heavy atom. The minimum absolute atomic E-state index is 0.00376. The number of halogens is 3. The number of rotatable bonds is 5. The lowest BCUT2D eigenvalue weighted by Crippen LogP contribution is -2.45. The molecular weight excluding hydrogens is 411 g/mol. The van der Waals surface area contributed by atoms with E-state index in [0.717, 1.165) is 11.1 Å². The van der Waals surface area contributed by atoms with Gasteiger partial charge in [0.15, 0.2) is 0 Å². The number of carbonyl (C=O) groups is 2. The number of carbonyl (C=O) groups excluding carboxylic acids is 2. The van der Waals surface area contributed by atoms with Crippen LogP contribution < -0.4 is 20.7 Å². The molecule has 2 aromatic rings. The van der Waals surface area contributed by atoms with E-state index in [1.54, 1.807) is 18.2 Å². The van der Waals surface area contributed by atoms with Gasteiger partial charge in [0, 0.05) is 30.6 Å². The second-order valence-electron chi connectivity index (χ2n) is 7.91. The van der Waals surface area contributed by atoms with Crippen molar-refractivity contribution in [3.63, 3.8) is 0 Å². The fourth-order valence-corrected chi connectivity index (χ4v) is 4.01. The number of amides is 3. The molecule has 164 valence electrons. The lowest BCUT2D eigenvalue weighted by Gasteiger charge is -2.36. The third-order valence-corrected chi connectivity index (χ3v) is 5.65. The van der Waals surface area contributed by atoms with Gasteiger partial charge in [0.1, 0.15) is 5.75 Å². The van der Waals surface area contributed by atoms with Gasteiger partial charge in [0.25, 0.3) is 0 Å². The molecule has 31 heavy (non-hydrogen) atoms. The third-order valence-electron chi connectivity index (χ3n) is 5.65. The standard InChI is InChI=1S/C22H22F3N3O3/c23-22(24,25)31-19-6-4-13(5-7-19)15-9-18(10-15)28-21(30)27-17-3-1-2-14(8-17)16-11-20(29)26-12-16/h1-8,15-16,18H,9-12H2,(H,26,29)(H2,27,28,30). The van der Waals surface area contributed by atoms with E-state index in [0.29, 0.717) is 31.5 Å². The average molecular weight is 433 g/mol. The molecule has 1 unspecified atom stereocenters. The fourth-order valence-electron chi connectivity index (χ4n) is 4.01. The Balaban J connectivity index is 1.24. The highest BCUT2D eigenvalue weighted by molar-refractivity contribution is 5.89. The SMILES string of the molecule is O=C1CC(c2cccc(NC(=O)NC3CC(c4ccc(OC(F)(F)F)cc4)C3)c2)CN1. The molecule has 1 atom stereocenters. The molecule has 1 saturated heterocycles. The molecule has 6 nitrogen and oxygen atoms in total. The largest absolute Gasteiger partial charge is 0.573 e. The topological polar surface area (TPSA) is 79.5 Å². The van der Waals surface area contributed by atoms with Crippen LogP contribution in [0.15, 0.2) is 48.5 Å². The molecule has 2 aromatic carbocycles. The normalized spacial score (nSPS) is 22.9. The summed E-state index contributed by atoms with van der Waals surface area (Å²) in [6.07, 6.45) is -2.83. The van der Waals surface area contributed by atoms with E-state index >= 15 is 0 Å². The van der Waals surface area contributed by atoms with Gasteiger partial charge in [-0.15, -0.1) is 13.2 Å². The first-order chi connectivity index (χ1) is 14.7. The zero-order valence-electron chi connectivity index (χ0n) is 16.5. The molecule has 1 saturated carbocycles. The quantitative estimate of drug-likeness (QED) is 0.659. The number of ether oxygens (including phenoxy) is 1. The van der Waals surface area contributed by atoms with Crippen LogP contribution in [0, 0.1) is 0 Å². The van der Waals surface area contributed by atoms with Crippen LogP contribution >= 0.6 is 0 Å². The van der Waals surface area contributed by atoms with Gasteiger partial charge in [-0.1, -0.05) is 24.3 Å². The van der Waals surface area contributed by atoms with Gasteiger partial charge in [-0.05, 0) is 54.2 Å². The maximum Gasteiger partial charge on any atom is 0.573 e. The van der Waals surface area contributed by atoms with E-state index in [2.05, 4.69) is 20.7 Å². The van der Waals surface area contributed by atoms with Crippen LogP contribution in [-0.2, 0) is 4.79 Å². The van der Waals surface area contributed by atoms with Crippen LogP contribution in [-0.4, -0.2) is 30.9 Å². The number of nitrogens with one attached hydrogen (secondary N) is 3. The van der Waals surface area contributed by atoms with E-state index in [1.807, 2.05) is 18.2 Å². The van der Waals surface area contributed by atoms with Crippen molar-refractivity contribution in [3.05, 3.63) is 59.7 Å². The summed E-state index contributed by atoms with van der Waals surface area (Å²) < 4.78 is 40.6. The number of urea groups is 1. The van der Waals surface area contributed by atoms with E-state index in [4.69, 9.17) is 0 Å². The van der Waals surface area contributed by atoms with Crippen LogP contribution in [0.3, 0.4) is 0 Å². The highest BCUT2D eigenvalue weighted by Crippen LogP contribution is 2.38. The smallest absolute Gasteiger partial charge is 0.406 e. The monoisotopic (exact) mass is 433 g/mol. The summed E-state index contributed by atoms with van der Waals surface area (Å²) in [5.41, 5.74) is 2.57. The highest BCUT2D eigenvalue weighted by atomic mass is 19.4. The van der Waals surface area contributed by atoms with Crippen molar-refractivity contribution < 1.29 is 27.5 Å². The Kier molecular flexibility index (Phi) is 5.75. The van der Waals surface area contributed by atoms with Crippen molar-refractivity contribution in [2.75, 3.05) is 11.9 Å². The van der Waals surface area contributed by atoms with Crippen molar-refractivity contribution in [2.24, 2.45) is 0 Å². The molecule has 0 spiro atoms. The summed E-state index contributed by atoms with van der Waals surface area (Å²) >= 11 is 0. The van der Waals surface area contributed by atoms with E-state index in [1.165, 1.54) is 12.1 Å². The Labute approximate surface area is 177 Å². The molecule has 1 heterocycles. The highest BCUT2D eigenvalue weighted by Gasteiger charge is 2.33. The van der Waals surface area contributed by atoms with Gasteiger partial charge in [0.05, 0.1) is 0 Å². The molecule has 3 amide bonds. The molecule has 2 fully saturated rings. The second-order valence-corrected chi connectivity index (χ2v) is 7.91. The van der Waals surface area contributed by atoms with E-state index in [-0.39, 0.29) is 35.6 Å². The van der Waals surface area contributed by atoms with Crippen molar-refractivity contribution in [3.8, 4) is 5.75 Å². The molecule has 1 aliphatic carbocycles. The fraction of sp³-hybridized carbons (Fsp3) is 0.364. The van der Waals surface area contributed by atoms with Gasteiger partial charge in [-0.2, -0.15) is 0 Å². The average Bonchev–Trinajstić information content (AvgIpc) is 3.11. The van der Waals surface area contributed by atoms with Crippen molar-refractivity contribution >= 4 is 17.6 Å². The Hall–Kier alpha value is -3.23. The van der Waals surface area contributed by atoms with E-state index in [9.17, 15) is 22.8 Å². The molecular formula is C22H22F3N3O3. The van der Waals surface area contributed by atoms with Gasteiger partial charge in [0.2, 0.25) is 5.91 Å². The molecule has 9 heteroatoms. The third kappa shape index (κ3) is 5.48. The number of benzene rings is 2. The maximum absolute atomic E-state index is 12.3. The van der Waals surface area contributed by atoms with Crippen molar-refractivity contribution in [1.29, 1.82) is 0 Å². The van der Waals surface area contributed by atoms with Crippen molar-refractivity contribution in [2.45, 2.75) is 43.5 Å². The number of hydrogen-bond donors (Lipinski definition) is 3. The second kappa shape index (κ2) is 8.49. The first-order valence-corrected chi connectivity index (χ1v) is 10.0. The van der Waals surface area contributed by atoms with Gasteiger partial charge >= 0.3 is 12.4 Å². The Morgan fingerprint density at radius 1 is 1.03 bits per heavy atom. The zero-order valence-corrected chi connectivity index (χ0v) is 16.5. The summed E-state index contributed by atoms with van der Waals surface area (Å²) in [4.78, 5) is 23.7. The number of alkyl halides is 3. The Bertz CT molecular complexity index is 956. The predicted octanol–water partition coefficient (Wildman–Crippen LogP) is 4.26. The van der Waals surface area contributed by atoms with Gasteiger partial charge in [-0.25, -0.2) is 4.79 Å². The maximum atomic E-state index is 12.3. The summed E-state index contributed by atoms with van der Waals surface area (Å²) in [6.45, 7) is 0.598. The summed E-state index contributed by atoms with van der Waals surface area (Å²) in [7, 11) is 0. The van der Waals surface area contributed by atoms with Crippen LogP contribution in [0.2, 0.25) is 0 Å². The molecule has 2 aliphatic rings. The Morgan fingerprint density at radius 3 is 2.42 bits per heavy atom. The number of anilines is 1. The van der Waals surface area contributed by atoms with Crippen LogP contribution in [0.5, 0.6) is 5.75 Å². The molecule has 4 rings (SSSR count). The van der Waals surface area contributed by atoms with E-state index < -0.39 is 6.36 Å². The molecule has 0 aromatic heterocycles. The summed E-state index contributed by atoms with van der Waals surface area (Å²) in [5, 5.41) is 8.54. The lowest BCUT2D eigenvalue weighted by atomic mass is 9.76. The van der Waals surface area contributed by atoms with Crippen LogP contribution in [0.4, 0.5) is 23.7 Å². The van der Waals surface area contributed by atoms with Crippen molar-refractivity contribution in [1.82, 2.24) is 10.6 Å². The van der Waals surface area contributed by atoms with Crippen LogP contribution in [0.25, 0.3) is 0 Å². The summed E-state index contributed by atoms with van der Waals surface area (Å²) in [5.74, 6) is 0.0753. The predicted molar refractivity (Wildman–Crippen MR) is 108 cm³/mol. The molecule has 3 N–H and O–H groups in total. The lowest BCUT2D eigenvalue weighted by molar-refractivity contribution is -0.274. The molecule has 0 bridgehead atoms. The minimum Gasteiger partial charge on any atom is -0.406 e. The summed E-state index contributed by atoms with van der Waals surface area (Å²) in [6, 6.07) is 13.0. The molecule has 0 radical (unpaired) electrons. The first kappa shape index (κ1) is 21.0. The first-order valence-electron chi connectivity index (χ1n) is 10.0. The molecule has 1 aliphatic heterocycles. The van der Waals surface area contributed by atoms with Crippen LogP contribution in [0.1, 0.15) is 42.2 Å². The minimum atomic E-state index is -4.70. The zero-order chi connectivity index (χ0) is 22.0. The number of hydrogen-bond acceptors (Lipinski definition) is 3. The van der Waals surface area contributed by atoms with Gasteiger partial charge in [-0.3, -0.25) is 4.79 Å².